The van der Waals surface area contributed by atoms with Gasteiger partial charge >= 0.3 is 11.9 Å². The van der Waals surface area contributed by atoms with Gasteiger partial charge in [0.15, 0.2) is 0 Å². The second kappa shape index (κ2) is 8.40. The smallest absolute Gasteiger partial charge is 0.328 e. The molecule has 1 amide bonds. The Bertz CT molecular complexity index is 465. The molecule has 7 heteroatoms. The molecule has 0 spiro atoms. The number of alkyl halides is 1. The van der Waals surface area contributed by atoms with E-state index in [9.17, 15) is 18.8 Å². The molecule has 0 radical (unpaired) electrons. The third kappa shape index (κ3) is 8.08. The van der Waals surface area contributed by atoms with Crippen molar-refractivity contribution in [1.82, 2.24) is 0 Å². The third-order valence-electron chi connectivity index (χ3n) is 1.76. The zero-order valence-corrected chi connectivity index (χ0v) is 9.75. The number of hydrogen-bond donors (Lipinski definition) is 3. The quantitative estimate of drug-likeness (QED) is 0.704. The van der Waals surface area contributed by atoms with Gasteiger partial charge < -0.3 is 15.9 Å². The van der Waals surface area contributed by atoms with Crippen molar-refractivity contribution < 1.29 is 29.0 Å². The number of rotatable bonds is 4. The van der Waals surface area contributed by atoms with Gasteiger partial charge in [-0.05, 0) is 17.7 Å². The average Bonchev–Trinajstić information content (AvgIpc) is 2.37. The fourth-order valence-electron chi connectivity index (χ4n) is 0.901. The highest BCUT2D eigenvalue weighted by molar-refractivity contribution is 5.92. The Morgan fingerprint density at radius 1 is 1.05 bits per heavy atom. The van der Waals surface area contributed by atoms with Crippen LogP contribution < -0.4 is 5.73 Å². The van der Waals surface area contributed by atoms with Crippen LogP contribution in [0.15, 0.2) is 36.4 Å². The SMILES string of the molecule is NC(=O)c1ccc(CF)cc1.O=C(O)/C=C/C(=O)O. The molecule has 0 aliphatic heterocycles. The Labute approximate surface area is 108 Å². The lowest BCUT2D eigenvalue weighted by Gasteiger charge is -1.95. The molecule has 0 saturated carbocycles. The molecule has 0 aliphatic carbocycles. The number of carbonyl (C=O) groups excluding carboxylic acids is 1. The second-order valence-electron chi connectivity index (χ2n) is 3.20. The molecule has 4 N–H and O–H groups in total. The lowest BCUT2D eigenvalue weighted by atomic mass is 10.1. The monoisotopic (exact) mass is 269 g/mol. The molecular weight excluding hydrogens is 257 g/mol. The first-order valence-electron chi connectivity index (χ1n) is 4.95. The first kappa shape index (κ1) is 16.3. The van der Waals surface area contributed by atoms with Gasteiger partial charge in [-0.3, -0.25) is 4.79 Å². The average molecular weight is 269 g/mol. The normalized spacial score (nSPS) is 9.53. The van der Waals surface area contributed by atoms with Crippen molar-refractivity contribution in [3.05, 3.63) is 47.5 Å². The summed E-state index contributed by atoms with van der Waals surface area (Å²) < 4.78 is 11.9. The molecule has 0 unspecified atom stereocenters. The minimum Gasteiger partial charge on any atom is -0.478 e. The minimum absolute atomic E-state index is 0.405. The second-order valence-corrected chi connectivity index (χ2v) is 3.20. The summed E-state index contributed by atoms with van der Waals surface area (Å²) >= 11 is 0. The number of aliphatic carboxylic acids is 2. The molecule has 0 saturated heterocycles. The summed E-state index contributed by atoms with van der Waals surface area (Å²) in [5, 5.41) is 15.6. The van der Waals surface area contributed by atoms with E-state index in [0.29, 0.717) is 23.3 Å². The van der Waals surface area contributed by atoms with Crippen LogP contribution in [0, 0.1) is 0 Å². The van der Waals surface area contributed by atoms with Gasteiger partial charge in [-0.2, -0.15) is 0 Å². The van der Waals surface area contributed by atoms with Crippen molar-refractivity contribution in [2.75, 3.05) is 0 Å². The number of hydrogen-bond acceptors (Lipinski definition) is 3. The number of carbonyl (C=O) groups is 3. The summed E-state index contributed by atoms with van der Waals surface area (Å²) in [6, 6.07) is 6.11. The molecule has 19 heavy (non-hydrogen) atoms. The highest BCUT2D eigenvalue weighted by Gasteiger charge is 1.98. The Balaban J connectivity index is 0.000000362. The van der Waals surface area contributed by atoms with Gasteiger partial charge in [-0.1, -0.05) is 12.1 Å². The van der Waals surface area contributed by atoms with E-state index in [-0.39, 0.29) is 0 Å². The number of benzene rings is 1. The van der Waals surface area contributed by atoms with E-state index in [1.54, 1.807) is 12.1 Å². The topological polar surface area (TPSA) is 118 Å². The van der Waals surface area contributed by atoms with Crippen molar-refractivity contribution in [2.24, 2.45) is 5.73 Å². The van der Waals surface area contributed by atoms with E-state index < -0.39 is 24.5 Å². The van der Waals surface area contributed by atoms with E-state index in [1.807, 2.05) is 0 Å². The standard InChI is InChI=1S/C8H8FNO.C4H4O4/c9-5-6-1-3-7(4-2-6)8(10)11;5-3(6)1-2-4(7)8/h1-4H,5H2,(H2,10,11);1-2H,(H,5,6)(H,7,8)/b;2-1+. The molecule has 1 rings (SSSR count). The van der Waals surface area contributed by atoms with Crippen molar-refractivity contribution in [2.45, 2.75) is 6.67 Å². The van der Waals surface area contributed by atoms with Crippen LogP contribution in [0.25, 0.3) is 0 Å². The minimum atomic E-state index is -1.26. The number of amides is 1. The van der Waals surface area contributed by atoms with Gasteiger partial charge in [-0.25, -0.2) is 14.0 Å². The number of halogens is 1. The van der Waals surface area contributed by atoms with E-state index >= 15 is 0 Å². The molecule has 0 fully saturated rings. The summed E-state index contributed by atoms with van der Waals surface area (Å²) in [5.41, 5.74) is 5.93. The van der Waals surface area contributed by atoms with Gasteiger partial charge in [0, 0.05) is 17.7 Å². The van der Waals surface area contributed by atoms with Crippen molar-refractivity contribution in [3.8, 4) is 0 Å². The number of nitrogens with two attached hydrogens (primary N) is 1. The lowest BCUT2D eigenvalue weighted by Crippen LogP contribution is -2.10. The first-order valence-corrected chi connectivity index (χ1v) is 4.95. The fourth-order valence-corrected chi connectivity index (χ4v) is 0.901. The molecule has 0 atom stereocenters. The zero-order valence-electron chi connectivity index (χ0n) is 9.75. The molecule has 102 valence electrons. The predicted octanol–water partition coefficient (Wildman–Crippen LogP) is 0.967. The van der Waals surface area contributed by atoms with Gasteiger partial charge in [-0.15, -0.1) is 0 Å². The Morgan fingerprint density at radius 3 is 1.74 bits per heavy atom. The molecule has 0 aliphatic rings. The number of carboxylic acids is 2. The van der Waals surface area contributed by atoms with Gasteiger partial charge in [0.2, 0.25) is 5.91 Å². The van der Waals surface area contributed by atoms with Gasteiger partial charge in [0.1, 0.15) is 6.67 Å². The highest BCUT2D eigenvalue weighted by atomic mass is 19.1. The van der Waals surface area contributed by atoms with Crippen LogP contribution in [-0.4, -0.2) is 28.1 Å². The van der Waals surface area contributed by atoms with Crippen molar-refractivity contribution in [3.63, 3.8) is 0 Å². The largest absolute Gasteiger partial charge is 0.478 e. The summed E-state index contributed by atoms with van der Waals surface area (Å²) in [6.45, 7) is -0.515. The fraction of sp³-hybridized carbons (Fsp3) is 0.0833. The van der Waals surface area contributed by atoms with Crippen LogP contribution in [0.1, 0.15) is 15.9 Å². The van der Waals surface area contributed by atoms with Crippen LogP contribution in [0.3, 0.4) is 0 Å². The Hall–Kier alpha value is -2.70. The molecule has 1 aromatic carbocycles. The van der Waals surface area contributed by atoms with Crippen molar-refractivity contribution >= 4 is 17.8 Å². The van der Waals surface area contributed by atoms with Crippen LogP contribution >= 0.6 is 0 Å². The predicted molar refractivity (Wildman–Crippen MR) is 64.2 cm³/mol. The Morgan fingerprint density at radius 2 is 1.47 bits per heavy atom. The molecule has 6 nitrogen and oxygen atoms in total. The van der Waals surface area contributed by atoms with Crippen LogP contribution in [0.5, 0.6) is 0 Å². The summed E-state index contributed by atoms with van der Waals surface area (Å²) in [5.74, 6) is -3.00. The maximum atomic E-state index is 11.9. The number of primary amides is 1. The first-order chi connectivity index (χ1) is 8.86. The van der Waals surface area contributed by atoms with Gasteiger partial charge in [0.05, 0.1) is 0 Å². The summed E-state index contributed by atoms with van der Waals surface area (Å²) in [4.78, 5) is 29.6. The zero-order chi connectivity index (χ0) is 14.8. The van der Waals surface area contributed by atoms with E-state index in [4.69, 9.17) is 15.9 Å². The number of carboxylic acid groups (broad SMARTS) is 2. The maximum absolute atomic E-state index is 11.9. The van der Waals surface area contributed by atoms with E-state index in [2.05, 4.69) is 0 Å². The maximum Gasteiger partial charge on any atom is 0.328 e. The highest BCUT2D eigenvalue weighted by Crippen LogP contribution is 2.04. The molecular formula is C12H12FNO5. The van der Waals surface area contributed by atoms with E-state index in [1.165, 1.54) is 12.1 Å². The van der Waals surface area contributed by atoms with Gasteiger partial charge in [0.25, 0.3) is 0 Å². The van der Waals surface area contributed by atoms with E-state index in [0.717, 1.165) is 0 Å². The molecule has 1 aromatic rings. The summed E-state index contributed by atoms with van der Waals surface area (Å²) in [7, 11) is 0. The third-order valence-corrected chi connectivity index (χ3v) is 1.76. The Kier molecular flexibility index (Phi) is 7.21. The molecule has 0 aromatic heterocycles. The molecule has 0 heterocycles. The molecule has 0 bridgehead atoms. The van der Waals surface area contributed by atoms with Crippen LogP contribution in [0.4, 0.5) is 4.39 Å². The van der Waals surface area contributed by atoms with Crippen molar-refractivity contribution in [1.29, 1.82) is 0 Å². The van der Waals surface area contributed by atoms with Crippen LogP contribution in [-0.2, 0) is 16.3 Å². The lowest BCUT2D eigenvalue weighted by molar-refractivity contribution is -0.134. The van der Waals surface area contributed by atoms with Crippen LogP contribution in [0.2, 0.25) is 0 Å². The summed E-state index contributed by atoms with van der Waals surface area (Å²) in [6.07, 6.45) is 1.12.